The summed E-state index contributed by atoms with van der Waals surface area (Å²) in [6, 6.07) is 11.0. The average molecular weight is 442 g/mol. The molecule has 0 saturated carbocycles. The molecular weight excluding hydrogens is 429 g/mol. The third-order valence-electron chi connectivity index (χ3n) is 3.57. The van der Waals surface area contributed by atoms with Gasteiger partial charge in [0.25, 0.3) is 0 Å². The van der Waals surface area contributed by atoms with Gasteiger partial charge in [-0.05, 0) is 34.2 Å². The fraction of sp³-hybridized carbons (Fsp3) is 0.188. The maximum absolute atomic E-state index is 12.3. The van der Waals surface area contributed by atoms with Crippen molar-refractivity contribution >= 4 is 51.1 Å². The Labute approximate surface area is 151 Å². The molecule has 0 radical (unpaired) electrons. The fourth-order valence-electron chi connectivity index (χ4n) is 2.48. The number of rotatable bonds is 4. The minimum Gasteiger partial charge on any atom is -0.467 e. The SMILES string of the molecule is COC(=O)C(Cc1ccccc1)n1nc(I)c2ccnc(Cl)c21. The maximum Gasteiger partial charge on any atom is 0.331 e. The molecule has 0 spiro atoms. The number of halogens is 2. The summed E-state index contributed by atoms with van der Waals surface area (Å²) < 4.78 is 7.36. The van der Waals surface area contributed by atoms with E-state index >= 15 is 0 Å². The van der Waals surface area contributed by atoms with E-state index in [1.807, 2.05) is 36.4 Å². The molecule has 3 aromatic rings. The van der Waals surface area contributed by atoms with Crippen molar-refractivity contribution in [2.24, 2.45) is 0 Å². The number of methoxy groups -OCH3 is 1. The Hall–Kier alpha value is -1.67. The number of fused-ring (bicyclic) bond motifs is 1. The van der Waals surface area contributed by atoms with E-state index in [1.165, 1.54) is 7.11 Å². The minimum absolute atomic E-state index is 0.319. The van der Waals surface area contributed by atoms with Crippen molar-refractivity contribution in [1.82, 2.24) is 14.8 Å². The van der Waals surface area contributed by atoms with Crippen LogP contribution in [-0.2, 0) is 16.0 Å². The molecule has 1 aromatic carbocycles. The first-order chi connectivity index (χ1) is 11.1. The van der Waals surface area contributed by atoms with Crippen molar-refractivity contribution in [3.63, 3.8) is 0 Å². The zero-order valence-corrected chi connectivity index (χ0v) is 15.2. The summed E-state index contributed by atoms with van der Waals surface area (Å²) in [4.78, 5) is 16.4. The van der Waals surface area contributed by atoms with E-state index < -0.39 is 6.04 Å². The van der Waals surface area contributed by atoms with E-state index in [9.17, 15) is 4.79 Å². The normalized spacial score (nSPS) is 12.3. The summed E-state index contributed by atoms with van der Waals surface area (Å²) in [6.07, 6.45) is 2.09. The standard InChI is InChI=1S/C16H13ClIN3O2/c1-23-16(22)12(9-10-5-3-2-4-6-10)21-13-11(15(18)20-21)7-8-19-14(13)17/h2-8,12H,9H2,1H3. The second kappa shape index (κ2) is 6.84. The number of pyridine rings is 1. The van der Waals surface area contributed by atoms with Gasteiger partial charge in [0.2, 0.25) is 0 Å². The summed E-state index contributed by atoms with van der Waals surface area (Å²) in [5.74, 6) is -0.366. The monoisotopic (exact) mass is 441 g/mol. The number of aromatic nitrogens is 3. The largest absolute Gasteiger partial charge is 0.467 e. The van der Waals surface area contributed by atoms with E-state index in [0.717, 1.165) is 14.7 Å². The van der Waals surface area contributed by atoms with Crippen LogP contribution in [0, 0.1) is 3.70 Å². The van der Waals surface area contributed by atoms with Crippen LogP contribution < -0.4 is 0 Å². The minimum atomic E-state index is -0.602. The van der Waals surface area contributed by atoms with Crippen molar-refractivity contribution in [2.45, 2.75) is 12.5 Å². The molecule has 0 amide bonds. The highest BCUT2D eigenvalue weighted by atomic mass is 127. The molecule has 118 valence electrons. The Kier molecular flexibility index (Phi) is 4.82. The summed E-state index contributed by atoms with van der Waals surface area (Å²) in [5.41, 5.74) is 1.66. The second-order valence-corrected chi connectivity index (χ2v) is 6.34. The number of hydrogen-bond acceptors (Lipinski definition) is 4. The molecule has 0 saturated heterocycles. The predicted molar refractivity (Wildman–Crippen MR) is 96.5 cm³/mol. The van der Waals surface area contributed by atoms with Crippen LogP contribution in [0.4, 0.5) is 0 Å². The van der Waals surface area contributed by atoms with Crippen molar-refractivity contribution in [3.8, 4) is 0 Å². The molecule has 2 heterocycles. The summed E-state index contributed by atoms with van der Waals surface area (Å²) >= 11 is 8.37. The second-order valence-electron chi connectivity index (χ2n) is 4.96. The highest BCUT2D eigenvalue weighted by molar-refractivity contribution is 14.1. The molecule has 0 aliphatic carbocycles. The number of esters is 1. The molecule has 1 unspecified atom stereocenters. The molecule has 0 fully saturated rings. The van der Waals surface area contributed by atoms with Gasteiger partial charge in [-0.1, -0.05) is 41.9 Å². The smallest absolute Gasteiger partial charge is 0.331 e. The van der Waals surface area contributed by atoms with Crippen molar-refractivity contribution in [3.05, 3.63) is 57.0 Å². The number of ether oxygens (including phenoxy) is 1. The first kappa shape index (κ1) is 16.2. The molecular formula is C16H13ClIN3O2. The van der Waals surface area contributed by atoms with Crippen LogP contribution in [0.5, 0.6) is 0 Å². The van der Waals surface area contributed by atoms with Gasteiger partial charge >= 0.3 is 5.97 Å². The molecule has 2 aromatic heterocycles. The van der Waals surface area contributed by atoms with Gasteiger partial charge in [0.05, 0.1) is 7.11 Å². The van der Waals surface area contributed by atoms with Gasteiger partial charge in [-0.15, -0.1) is 0 Å². The zero-order valence-electron chi connectivity index (χ0n) is 12.2. The first-order valence-corrected chi connectivity index (χ1v) is 8.37. The molecule has 7 heteroatoms. The van der Waals surface area contributed by atoms with Crippen LogP contribution in [-0.4, -0.2) is 27.8 Å². The lowest BCUT2D eigenvalue weighted by molar-refractivity contribution is -0.144. The topological polar surface area (TPSA) is 57.0 Å². The van der Waals surface area contributed by atoms with Gasteiger partial charge in [-0.2, -0.15) is 5.10 Å². The summed E-state index contributed by atoms with van der Waals surface area (Å²) in [6.45, 7) is 0. The average Bonchev–Trinajstić information content (AvgIpc) is 2.91. The van der Waals surface area contributed by atoms with Gasteiger partial charge in [0.15, 0.2) is 11.2 Å². The Balaban J connectivity index is 2.12. The first-order valence-electron chi connectivity index (χ1n) is 6.91. The number of nitrogens with zero attached hydrogens (tertiary/aromatic N) is 3. The molecule has 0 aliphatic heterocycles. The lowest BCUT2D eigenvalue weighted by atomic mass is 10.1. The highest BCUT2D eigenvalue weighted by Gasteiger charge is 2.26. The Morgan fingerprint density at radius 2 is 2.09 bits per heavy atom. The Morgan fingerprint density at radius 3 is 2.78 bits per heavy atom. The lowest BCUT2D eigenvalue weighted by Gasteiger charge is -2.16. The van der Waals surface area contributed by atoms with Gasteiger partial charge in [0, 0.05) is 18.0 Å². The highest BCUT2D eigenvalue weighted by Crippen LogP contribution is 2.29. The lowest BCUT2D eigenvalue weighted by Crippen LogP contribution is -2.24. The molecule has 23 heavy (non-hydrogen) atoms. The zero-order chi connectivity index (χ0) is 16.4. The third kappa shape index (κ3) is 3.18. The summed E-state index contributed by atoms with van der Waals surface area (Å²) in [7, 11) is 1.37. The quantitative estimate of drug-likeness (QED) is 0.352. The summed E-state index contributed by atoms with van der Waals surface area (Å²) in [5, 5.41) is 5.68. The van der Waals surface area contributed by atoms with Gasteiger partial charge in [-0.25, -0.2) is 14.5 Å². The molecule has 1 atom stereocenters. The Morgan fingerprint density at radius 1 is 1.35 bits per heavy atom. The molecule has 0 aliphatic rings. The van der Waals surface area contributed by atoms with Crippen LogP contribution >= 0.6 is 34.2 Å². The van der Waals surface area contributed by atoms with E-state index in [0.29, 0.717) is 17.1 Å². The van der Waals surface area contributed by atoms with Gasteiger partial charge in [0.1, 0.15) is 9.22 Å². The molecule has 3 rings (SSSR count). The van der Waals surface area contributed by atoms with Gasteiger partial charge in [-0.3, -0.25) is 0 Å². The van der Waals surface area contributed by atoms with Gasteiger partial charge < -0.3 is 4.74 Å². The number of benzene rings is 1. The van der Waals surface area contributed by atoms with Crippen LogP contribution in [0.25, 0.3) is 10.9 Å². The van der Waals surface area contributed by atoms with Crippen molar-refractivity contribution in [2.75, 3.05) is 7.11 Å². The van der Waals surface area contributed by atoms with Crippen LogP contribution in [0.2, 0.25) is 5.15 Å². The molecule has 0 bridgehead atoms. The number of hydrogen-bond donors (Lipinski definition) is 0. The predicted octanol–water partition coefficient (Wildman–Crippen LogP) is 3.65. The Bertz CT molecular complexity index is 851. The van der Waals surface area contributed by atoms with Crippen LogP contribution in [0.3, 0.4) is 0 Å². The van der Waals surface area contributed by atoms with E-state index in [-0.39, 0.29) is 5.97 Å². The van der Waals surface area contributed by atoms with E-state index in [2.05, 4.69) is 32.7 Å². The van der Waals surface area contributed by atoms with Crippen molar-refractivity contribution < 1.29 is 9.53 Å². The molecule has 5 nitrogen and oxygen atoms in total. The maximum atomic E-state index is 12.3. The van der Waals surface area contributed by atoms with E-state index in [1.54, 1.807) is 10.9 Å². The van der Waals surface area contributed by atoms with Crippen LogP contribution in [0.15, 0.2) is 42.6 Å². The number of carbonyl (C=O) groups excluding carboxylic acids is 1. The number of carbonyl (C=O) groups is 1. The van der Waals surface area contributed by atoms with E-state index in [4.69, 9.17) is 16.3 Å². The third-order valence-corrected chi connectivity index (χ3v) is 4.64. The van der Waals surface area contributed by atoms with Crippen LogP contribution in [0.1, 0.15) is 11.6 Å². The fourth-order valence-corrected chi connectivity index (χ4v) is 3.39. The van der Waals surface area contributed by atoms with Crippen molar-refractivity contribution in [1.29, 1.82) is 0 Å². The molecule has 0 N–H and O–H groups in total.